The second kappa shape index (κ2) is 6.77. The Hall–Kier alpha value is -0.870. The molecule has 1 rings (SSSR count). The molecule has 0 amide bonds. The minimum absolute atomic E-state index is 0.176. The van der Waals surface area contributed by atoms with E-state index < -0.39 is 0 Å². The van der Waals surface area contributed by atoms with Crippen molar-refractivity contribution in [1.82, 2.24) is 14.5 Å². The Morgan fingerprint density at radius 2 is 2.06 bits per heavy atom. The molecule has 0 saturated heterocycles. The molecule has 0 aliphatic heterocycles. The predicted octanol–water partition coefficient (Wildman–Crippen LogP) is 1.72. The van der Waals surface area contributed by atoms with Crippen molar-refractivity contribution < 1.29 is 0 Å². The van der Waals surface area contributed by atoms with Gasteiger partial charge in [0.2, 0.25) is 0 Å². The van der Waals surface area contributed by atoms with Crippen LogP contribution < -0.4 is 5.73 Å². The topological polar surface area (TPSA) is 47.1 Å². The minimum Gasteiger partial charge on any atom is -0.337 e. The molecule has 0 aliphatic rings. The van der Waals surface area contributed by atoms with Crippen LogP contribution in [-0.4, -0.2) is 40.1 Å². The van der Waals surface area contributed by atoms with Crippen molar-refractivity contribution in [2.45, 2.75) is 45.2 Å². The quantitative estimate of drug-likeness (QED) is 0.750. The van der Waals surface area contributed by atoms with Gasteiger partial charge in [-0.2, -0.15) is 0 Å². The first-order valence-electron chi connectivity index (χ1n) is 6.55. The van der Waals surface area contributed by atoms with E-state index in [4.69, 9.17) is 5.73 Å². The van der Waals surface area contributed by atoms with Crippen molar-refractivity contribution in [3.05, 3.63) is 18.7 Å². The fraction of sp³-hybridized carbons (Fsp3) is 0.769. The van der Waals surface area contributed by atoms with Crippen LogP contribution in [0.25, 0.3) is 0 Å². The number of imidazole rings is 1. The number of rotatable bonds is 8. The third kappa shape index (κ3) is 3.54. The lowest BCUT2D eigenvalue weighted by atomic mass is 9.91. The molecule has 98 valence electrons. The van der Waals surface area contributed by atoms with E-state index in [1.807, 2.05) is 18.7 Å². The largest absolute Gasteiger partial charge is 0.337 e. The second-order valence-electron chi connectivity index (χ2n) is 4.71. The summed E-state index contributed by atoms with van der Waals surface area (Å²) in [5.74, 6) is 0. The molecular formula is C13H26N4. The van der Waals surface area contributed by atoms with Crippen molar-refractivity contribution in [3.8, 4) is 0 Å². The fourth-order valence-electron chi connectivity index (χ4n) is 2.38. The zero-order chi connectivity index (χ0) is 12.7. The van der Waals surface area contributed by atoms with E-state index >= 15 is 0 Å². The lowest BCUT2D eigenvalue weighted by Gasteiger charge is -2.40. The monoisotopic (exact) mass is 238 g/mol. The van der Waals surface area contributed by atoms with E-state index in [1.165, 1.54) is 0 Å². The molecule has 0 atom stereocenters. The summed E-state index contributed by atoms with van der Waals surface area (Å²) in [6, 6.07) is 0. The highest BCUT2D eigenvalue weighted by Gasteiger charge is 2.28. The molecule has 0 saturated carbocycles. The number of hydrogen-bond donors (Lipinski definition) is 1. The Kier molecular flexibility index (Phi) is 5.65. The number of nitrogens with two attached hydrogens (primary N) is 1. The highest BCUT2D eigenvalue weighted by Crippen LogP contribution is 2.21. The molecule has 0 fully saturated rings. The first-order chi connectivity index (χ1) is 8.18. The summed E-state index contributed by atoms with van der Waals surface area (Å²) in [5, 5.41) is 0. The smallest absolute Gasteiger partial charge is 0.0945 e. The Morgan fingerprint density at radius 1 is 1.35 bits per heavy atom. The van der Waals surface area contributed by atoms with Gasteiger partial charge in [-0.05, 0) is 26.3 Å². The number of nitrogens with zero attached hydrogens (tertiary/aromatic N) is 3. The van der Waals surface area contributed by atoms with Gasteiger partial charge >= 0.3 is 0 Å². The highest BCUT2D eigenvalue weighted by molar-refractivity contribution is 4.87. The van der Waals surface area contributed by atoms with Crippen LogP contribution in [0.1, 0.15) is 33.1 Å². The Labute approximate surface area is 105 Å². The van der Waals surface area contributed by atoms with Crippen molar-refractivity contribution >= 4 is 0 Å². The zero-order valence-electron chi connectivity index (χ0n) is 11.4. The molecule has 0 aliphatic carbocycles. The van der Waals surface area contributed by atoms with Crippen LogP contribution in [0.4, 0.5) is 0 Å². The Morgan fingerprint density at radius 3 is 2.53 bits per heavy atom. The van der Waals surface area contributed by atoms with Crippen molar-refractivity contribution in [1.29, 1.82) is 0 Å². The summed E-state index contributed by atoms with van der Waals surface area (Å²) < 4.78 is 2.12. The van der Waals surface area contributed by atoms with E-state index in [9.17, 15) is 0 Å². The first-order valence-corrected chi connectivity index (χ1v) is 6.55. The molecule has 4 heteroatoms. The molecule has 4 nitrogen and oxygen atoms in total. The molecule has 0 bridgehead atoms. The number of hydrogen-bond acceptors (Lipinski definition) is 3. The standard InChI is InChI=1S/C13H26N4/c1-4-13(5-2,11-14)16(3)8-6-9-17-10-7-15-12-17/h7,10,12H,4-6,8-9,11,14H2,1-3H3. The van der Waals surface area contributed by atoms with Crippen LogP contribution in [-0.2, 0) is 6.54 Å². The van der Waals surface area contributed by atoms with Crippen LogP contribution in [0.2, 0.25) is 0 Å². The highest BCUT2D eigenvalue weighted by atomic mass is 15.2. The molecule has 17 heavy (non-hydrogen) atoms. The van der Waals surface area contributed by atoms with Gasteiger partial charge in [-0.25, -0.2) is 4.98 Å². The maximum Gasteiger partial charge on any atom is 0.0945 e. The molecular weight excluding hydrogens is 212 g/mol. The van der Waals surface area contributed by atoms with E-state index in [2.05, 4.69) is 35.3 Å². The first kappa shape index (κ1) is 14.2. The average molecular weight is 238 g/mol. The van der Waals surface area contributed by atoms with Crippen molar-refractivity contribution in [3.63, 3.8) is 0 Å². The molecule has 0 aromatic carbocycles. The lowest BCUT2D eigenvalue weighted by molar-refractivity contribution is 0.112. The van der Waals surface area contributed by atoms with Gasteiger partial charge in [0, 0.05) is 37.6 Å². The van der Waals surface area contributed by atoms with Crippen LogP contribution in [0.3, 0.4) is 0 Å². The summed E-state index contributed by atoms with van der Waals surface area (Å²) in [4.78, 5) is 6.47. The van der Waals surface area contributed by atoms with Gasteiger partial charge in [0.1, 0.15) is 0 Å². The van der Waals surface area contributed by atoms with Gasteiger partial charge in [-0.1, -0.05) is 13.8 Å². The molecule has 1 aromatic rings. The SMILES string of the molecule is CCC(CC)(CN)N(C)CCCn1ccnc1. The fourth-order valence-corrected chi connectivity index (χ4v) is 2.38. The van der Waals surface area contributed by atoms with Crippen LogP contribution in [0.5, 0.6) is 0 Å². The molecule has 0 unspecified atom stereocenters. The normalized spacial score (nSPS) is 12.3. The third-order valence-electron chi connectivity index (χ3n) is 3.97. The van der Waals surface area contributed by atoms with E-state index in [-0.39, 0.29) is 5.54 Å². The Bertz CT molecular complexity index is 282. The average Bonchev–Trinajstić information content (AvgIpc) is 2.85. The van der Waals surface area contributed by atoms with Gasteiger partial charge in [0.15, 0.2) is 0 Å². The summed E-state index contributed by atoms with van der Waals surface area (Å²) in [5.41, 5.74) is 6.11. The summed E-state index contributed by atoms with van der Waals surface area (Å²) in [6.07, 6.45) is 9.06. The van der Waals surface area contributed by atoms with E-state index in [0.29, 0.717) is 0 Å². The maximum absolute atomic E-state index is 5.94. The Balaban J connectivity index is 2.39. The summed E-state index contributed by atoms with van der Waals surface area (Å²) in [6.45, 7) is 7.29. The minimum atomic E-state index is 0.176. The second-order valence-corrected chi connectivity index (χ2v) is 4.71. The molecule has 1 heterocycles. The third-order valence-corrected chi connectivity index (χ3v) is 3.97. The van der Waals surface area contributed by atoms with E-state index in [0.717, 1.165) is 38.9 Å². The summed E-state index contributed by atoms with van der Waals surface area (Å²) in [7, 11) is 2.19. The maximum atomic E-state index is 5.94. The van der Waals surface area contributed by atoms with Crippen LogP contribution >= 0.6 is 0 Å². The van der Waals surface area contributed by atoms with Gasteiger partial charge in [-0.3, -0.25) is 4.90 Å². The zero-order valence-corrected chi connectivity index (χ0v) is 11.4. The lowest BCUT2D eigenvalue weighted by Crippen LogP contribution is -2.51. The number of aryl methyl sites for hydroxylation is 1. The van der Waals surface area contributed by atoms with Crippen molar-refractivity contribution in [2.75, 3.05) is 20.1 Å². The van der Waals surface area contributed by atoms with Crippen LogP contribution in [0.15, 0.2) is 18.7 Å². The predicted molar refractivity (Wildman–Crippen MR) is 71.8 cm³/mol. The molecule has 0 radical (unpaired) electrons. The van der Waals surface area contributed by atoms with Gasteiger partial charge in [-0.15, -0.1) is 0 Å². The van der Waals surface area contributed by atoms with Gasteiger partial charge < -0.3 is 10.3 Å². The van der Waals surface area contributed by atoms with Gasteiger partial charge in [0.05, 0.1) is 6.33 Å². The van der Waals surface area contributed by atoms with Crippen LogP contribution in [0, 0.1) is 0 Å². The molecule has 0 spiro atoms. The summed E-state index contributed by atoms with van der Waals surface area (Å²) >= 11 is 0. The van der Waals surface area contributed by atoms with E-state index in [1.54, 1.807) is 0 Å². The molecule has 2 N–H and O–H groups in total. The number of likely N-dealkylation sites (N-methyl/N-ethyl adjacent to an activating group) is 1. The number of aromatic nitrogens is 2. The van der Waals surface area contributed by atoms with Gasteiger partial charge in [0.25, 0.3) is 0 Å². The van der Waals surface area contributed by atoms with Crippen molar-refractivity contribution in [2.24, 2.45) is 5.73 Å². The molecule has 1 aromatic heterocycles.